The Labute approximate surface area is 115 Å². The maximum atomic E-state index is 10.0. The molecule has 1 aromatic rings. The fraction of sp³-hybridized carbons (Fsp3) is 0.538. The van der Waals surface area contributed by atoms with Crippen LogP contribution in [0.1, 0.15) is 25.5 Å². The van der Waals surface area contributed by atoms with Gasteiger partial charge in [0.2, 0.25) is 0 Å². The van der Waals surface area contributed by atoms with Gasteiger partial charge in [-0.2, -0.15) is 0 Å². The van der Waals surface area contributed by atoms with Crippen LogP contribution in [0.4, 0.5) is 0 Å². The van der Waals surface area contributed by atoms with Gasteiger partial charge in [-0.3, -0.25) is 0 Å². The lowest BCUT2D eigenvalue weighted by atomic mass is 9.94. The summed E-state index contributed by atoms with van der Waals surface area (Å²) in [7, 11) is 3.18. The van der Waals surface area contributed by atoms with Gasteiger partial charge >= 0.3 is 0 Å². The highest BCUT2D eigenvalue weighted by Gasteiger charge is 2.23. The predicted molar refractivity (Wildman–Crippen MR) is 74.6 cm³/mol. The minimum Gasteiger partial charge on any atom is -0.497 e. The fourth-order valence-corrected chi connectivity index (χ4v) is 1.70. The van der Waals surface area contributed by atoms with Crippen molar-refractivity contribution in [2.75, 3.05) is 14.2 Å². The zero-order chi connectivity index (χ0) is 13.0. The summed E-state index contributed by atoms with van der Waals surface area (Å²) in [5, 5.41) is 10.0. The van der Waals surface area contributed by atoms with Gasteiger partial charge in [-0.1, -0.05) is 13.8 Å². The van der Waals surface area contributed by atoms with E-state index in [0.29, 0.717) is 11.5 Å². The monoisotopic (exact) mass is 275 g/mol. The molecule has 0 saturated heterocycles. The molecule has 0 amide bonds. The Morgan fingerprint density at radius 2 is 1.78 bits per heavy atom. The van der Waals surface area contributed by atoms with E-state index < -0.39 is 12.1 Å². The van der Waals surface area contributed by atoms with Crippen LogP contribution in [0.25, 0.3) is 0 Å². The lowest BCUT2D eigenvalue weighted by Crippen LogP contribution is -2.30. The molecule has 0 saturated carbocycles. The second kappa shape index (κ2) is 7.46. The molecule has 0 aromatic heterocycles. The number of methoxy groups -OCH3 is 2. The Kier molecular flexibility index (Phi) is 7.06. The van der Waals surface area contributed by atoms with Gasteiger partial charge in [-0.25, -0.2) is 0 Å². The summed E-state index contributed by atoms with van der Waals surface area (Å²) in [6.45, 7) is 3.86. The van der Waals surface area contributed by atoms with Crippen LogP contribution in [-0.4, -0.2) is 25.4 Å². The van der Waals surface area contributed by atoms with Crippen molar-refractivity contribution in [3.05, 3.63) is 23.8 Å². The molecule has 0 heterocycles. The zero-order valence-corrected chi connectivity index (χ0v) is 12.0. The highest BCUT2D eigenvalue weighted by molar-refractivity contribution is 5.85. The first-order valence-electron chi connectivity index (χ1n) is 5.66. The van der Waals surface area contributed by atoms with Gasteiger partial charge in [0.05, 0.1) is 26.4 Å². The Morgan fingerprint density at radius 1 is 1.17 bits per heavy atom. The van der Waals surface area contributed by atoms with Crippen LogP contribution in [0.5, 0.6) is 11.5 Å². The van der Waals surface area contributed by atoms with Crippen molar-refractivity contribution < 1.29 is 14.6 Å². The molecule has 0 aliphatic heterocycles. The number of halogens is 1. The largest absolute Gasteiger partial charge is 0.497 e. The summed E-state index contributed by atoms with van der Waals surface area (Å²) < 4.78 is 10.4. The van der Waals surface area contributed by atoms with Gasteiger partial charge in [-0.05, 0) is 24.1 Å². The number of hydrogen-bond donors (Lipinski definition) is 2. The Morgan fingerprint density at radius 3 is 2.22 bits per heavy atom. The molecule has 0 bridgehead atoms. The standard InChI is InChI=1S/C13H21NO3.ClH/c1-8(2)13(15)12(14)10-7-9(16-3)5-6-11(10)17-4;/h5-8,12-13,15H,14H2,1-4H3;1H/t12-,13+;/m1./s1. The van der Waals surface area contributed by atoms with E-state index in [1.807, 2.05) is 13.8 Å². The van der Waals surface area contributed by atoms with E-state index in [-0.39, 0.29) is 18.3 Å². The van der Waals surface area contributed by atoms with E-state index in [1.165, 1.54) is 0 Å². The predicted octanol–water partition coefficient (Wildman–Crippen LogP) is 2.14. The molecule has 0 aliphatic rings. The average Bonchev–Trinajstić information content (AvgIpc) is 2.35. The molecule has 4 nitrogen and oxygen atoms in total. The van der Waals surface area contributed by atoms with Gasteiger partial charge in [0.15, 0.2) is 0 Å². The first-order chi connectivity index (χ1) is 8.01. The number of ether oxygens (including phenoxy) is 2. The third-order valence-electron chi connectivity index (χ3n) is 2.85. The van der Waals surface area contributed by atoms with Crippen LogP contribution in [0.2, 0.25) is 0 Å². The number of rotatable bonds is 5. The van der Waals surface area contributed by atoms with E-state index in [0.717, 1.165) is 5.56 Å². The maximum absolute atomic E-state index is 10.0. The molecule has 0 spiro atoms. The fourth-order valence-electron chi connectivity index (χ4n) is 1.70. The van der Waals surface area contributed by atoms with E-state index >= 15 is 0 Å². The summed E-state index contributed by atoms with van der Waals surface area (Å²) in [5.74, 6) is 1.45. The number of aliphatic hydroxyl groups is 1. The Bertz CT molecular complexity index is 371. The molecular formula is C13H22ClNO3. The molecule has 0 radical (unpaired) electrons. The third-order valence-corrected chi connectivity index (χ3v) is 2.85. The molecule has 1 aromatic carbocycles. The topological polar surface area (TPSA) is 64.7 Å². The first kappa shape index (κ1) is 17.0. The van der Waals surface area contributed by atoms with Crippen LogP contribution in [0, 0.1) is 5.92 Å². The molecule has 2 atom stereocenters. The van der Waals surface area contributed by atoms with Crippen LogP contribution in [0.15, 0.2) is 18.2 Å². The van der Waals surface area contributed by atoms with Crippen molar-refractivity contribution in [1.82, 2.24) is 0 Å². The zero-order valence-electron chi connectivity index (χ0n) is 11.2. The van der Waals surface area contributed by atoms with Crippen molar-refractivity contribution in [2.45, 2.75) is 26.0 Å². The summed E-state index contributed by atoms with van der Waals surface area (Å²) in [6.07, 6.45) is -0.615. The normalized spacial score (nSPS) is 13.7. The lowest BCUT2D eigenvalue weighted by molar-refractivity contribution is 0.0968. The molecule has 0 aliphatic carbocycles. The molecule has 1 rings (SSSR count). The van der Waals surface area contributed by atoms with Crippen LogP contribution >= 0.6 is 12.4 Å². The highest BCUT2D eigenvalue weighted by Crippen LogP contribution is 2.31. The van der Waals surface area contributed by atoms with Crippen LogP contribution in [-0.2, 0) is 0 Å². The summed E-state index contributed by atoms with van der Waals surface area (Å²) in [4.78, 5) is 0. The van der Waals surface area contributed by atoms with Crippen molar-refractivity contribution >= 4 is 12.4 Å². The molecule has 0 unspecified atom stereocenters. The van der Waals surface area contributed by atoms with Gasteiger partial charge < -0.3 is 20.3 Å². The smallest absolute Gasteiger partial charge is 0.123 e. The minimum atomic E-state index is -0.615. The molecule has 104 valence electrons. The van der Waals surface area contributed by atoms with Gasteiger partial charge in [0.25, 0.3) is 0 Å². The van der Waals surface area contributed by atoms with E-state index in [9.17, 15) is 5.11 Å². The SMILES string of the molecule is COc1ccc(OC)c([C@@H](N)[C@@H](O)C(C)C)c1.Cl. The second-order valence-electron chi connectivity index (χ2n) is 4.37. The highest BCUT2D eigenvalue weighted by atomic mass is 35.5. The van der Waals surface area contributed by atoms with Crippen molar-refractivity contribution in [2.24, 2.45) is 11.7 Å². The lowest BCUT2D eigenvalue weighted by Gasteiger charge is -2.24. The van der Waals surface area contributed by atoms with E-state index in [1.54, 1.807) is 32.4 Å². The minimum absolute atomic E-state index is 0. The molecule has 5 heteroatoms. The van der Waals surface area contributed by atoms with Crippen molar-refractivity contribution in [1.29, 1.82) is 0 Å². The van der Waals surface area contributed by atoms with E-state index in [4.69, 9.17) is 15.2 Å². The average molecular weight is 276 g/mol. The van der Waals surface area contributed by atoms with E-state index in [2.05, 4.69) is 0 Å². The van der Waals surface area contributed by atoms with Crippen molar-refractivity contribution in [3.63, 3.8) is 0 Å². The Hall–Kier alpha value is -0.970. The van der Waals surface area contributed by atoms with Gasteiger partial charge in [0, 0.05) is 5.56 Å². The Balaban J connectivity index is 0.00000289. The number of aliphatic hydroxyl groups excluding tert-OH is 1. The quantitative estimate of drug-likeness (QED) is 0.864. The molecule has 3 N–H and O–H groups in total. The van der Waals surface area contributed by atoms with Crippen molar-refractivity contribution in [3.8, 4) is 11.5 Å². The van der Waals surface area contributed by atoms with Gasteiger partial charge in [0.1, 0.15) is 11.5 Å². The van der Waals surface area contributed by atoms with Crippen LogP contribution < -0.4 is 15.2 Å². The maximum Gasteiger partial charge on any atom is 0.123 e. The third kappa shape index (κ3) is 3.77. The number of benzene rings is 1. The van der Waals surface area contributed by atoms with Gasteiger partial charge in [-0.15, -0.1) is 12.4 Å². The first-order valence-corrected chi connectivity index (χ1v) is 5.66. The van der Waals surface area contributed by atoms with Crippen LogP contribution in [0.3, 0.4) is 0 Å². The number of nitrogens with two attached hydrogens (primary N) is 1. The molecule has 0 fully saturated rings. The summed E-state index contributed by atoms with van der Waals surface area (Å²) in [5.41, 5.74) is 6.81. The summed E-state index contributed by atoms with van der Waals surface area (Å²) >= 11 is 0. The summed E-state index contributed by atoms with van der Waals surface area (Å²) in [6, 6.07) is 4.91. The number of hydrogen-bond acceptors (Lipinski definition) is 4. The second-order valence-corrected chi connectivity index (χ2v) is 4.37. The molecular weight excluding hydrogens is 254 g/mol. The molecule has 18 heavy (non-hydrogen) atoms.